The lowest BCUT2D eigenvalue weighted by molar-refractivity contribution is -0.156. The molecule has 1 N–H and O–H groups in total. The molecule has 3 aliphatic rings. The van der Waals surface area contributed by atoms with Gasteiger partial charge in [0.2, 0.25) is 11.8 Å². The van der Waals surface area contributed by atoms with Crippen molar-refractivity contribution in [2.75, 3.05) is 26.3 Å². The Morgan fingerprint density at radius 3 is 2.72 bits per heavy atom. The number of ether oxygens (including phenoxy) is 2. The summed E-state index contributed by atoms with van der Waals surface area (Å²) >= 11 is 0. The number of fused-ring (bicyclic) bond motifs is 1. The number of amides is 2. The molecule has 1 spiro atoms. The first-order chi connectivity index (χ1) is 15.4. The Labute approximate surface area is 190 Å². The molecule has 0 aromatic heterocycles. The van der Waals surface area contributed by atoms with Crippen molar-refractivity contribution in [1.82, 2.24) is 9.80 Å². The maximum Gasteiger partial charge on any atom is 0.312 e. The van der Waals surface area contributed by atoms with E-state index in [9.17, 15) is 19.5 Å². The van der Waals surface area contributed by atoms with Gasteiger partial charge in [-0.05, 0) is 32.6 Å². The number of aliphatic hydroxyl groups excluding tert-OH is 1. The number of aliphatic hydroxyl groups is 1. The molecule has 0 radical (unpaired) electrons. The van der Waals surface area contributed by atoms with Crippen LogP contribution in [0.4, 0.5) is 0 Å². The number of hydrogen-bond donors (Lipinski definition) is 1. The van der Waals surface area contributed by atoms with E-state index in [0.29, 0.717) is 32.4 Å². The van der Waals surface area contributed by atoms with Gasteiger partial charge >= 0.3 is 5.97 Å². The molecule has 2 bridgehead atoms. The van der Waals surface area contributed by atoms with Gasteiger partial charge in [0.15, 0.2) is 0 Å². The van der Waals surface area contributed by atoms with E-state index in [1.165, 1.54) is 4.90 Å². The molecular formula is C24H38N2O6. The number of nitrogens with zero attached hydrogens (tertiary/aromatic N) is 2. The number of esters is 1. The van der Waals surface area contributed by atoms with Gasteiger partial charge in [-0.15, -0.1) is 6.58 Å². The van der Waals surface area contributed by atoms with Crippen LogP contribution in [-0.4, -0.2) is 82.8 Å². The summed E-state index contributed by atoms with van der Waals surface area (Å²) in [5.41, 5.74) is -1.05. The number of rotatable bonds is 12. The Bertz CT molecular complexity index is 723. The summed E-state index contributed by atoms with van der Waals surface area (Å²) in [5, 5.41) is 10.0. The van der Waals surface area contributed by atoms with Gasteiger partial charge in [0.05, 0.1) is 37.2 Å². The summed E-state index contributed by atoms with van der Waals surface area (Å²) in [6.07, 6.45) is 5.82. The molecule has 0 aliphatic carbocycles. The van der Waals surface area contributed by atoms with E-state index in [2.05, 4.69) is 13.5 Å². The summed E-state index contributed by atoms with van der Waals surface area (Å²) < 4.78 is 11.7. The largest absolute Gasteiger partial charge is 0.466 e. The summed E-state index contributed by atoms with van der Waals surface area (Å²) in [6, 6.07) is -1.37. The highest BCUT2D eigenvalue weighted by molar-refractivity contribution is 5.98. The van der Waals surface area contributed by atoms with E-state index in [4.69, 9.17) is 9.47 Å². The van der Waals surface area contributed by atoms with Crippen molar-refractivity contribution >= 4 is 17.8 Å². The van der Waals surface area contributed by atoms with Crippen LogP contribution in [-0.2, 0) is 23.9 Å². The molecular weight excluding hydrogens is 412 g/mol. The Morgan fingerprint density at radius 2 is 2.12 bits per heavy atom. The standard InChI is InChI=1S/C24H38N2O6/c1-5-9-10-14-25(13-6-2)22(29)20-24-12-11-17(32-24)18(23(30)31-8-4)19(24)21(28)26(20)16(7-3)15-27/h6,16-20,27H,2,5,7-15H2,1,3-4H3/t16-,17+,18-,19-,20?,24?/m0/s1. The minimum absolute atomic E-state index is 0.186. The second-order valence-electron chi connectivity index (χ2n) is 9.08. The Balaban J connectivity index is 2.01. The monoisotopic (exact) mass is 450 g/mol. The first-order valence-corrected chi connectivity index (χ1v) is 12.1. The van der Waals surface area contributed by atoms with Crippen molar-refractivity contribution in [2.24, 2.45) is 11.8 Å². The van der Waals surface area contributed by atoms with Crippen LogP contribution in [0, 0.1) is 11.8 Å². The van der Waals surface area contributed by atoms with Crippen LogP contribution in [0.2, 0.25) is 0 Å². The van der Waals surface area contributed by atoms with Crippen molar-refractivity contribution in [3.05, 3.63) is 12.7 Å². The van der Waals surface area contributed by atoms with Gasteiger partial charge in [0.1, 0.15) is 11.6 Å². The second kappa shape index (κ2) is 10.3. The van der Waals surface area contributed by atoms with Crippen molar-refractivity contribution in [3.8, 4) is 0 Å². The summed E-state index contributed by atoms with van der Waals surface area (Å²) in [6.45, 7) is 10.4. The minimum Gasteiger partial charge on any atom is -0.466 e. The quantitative estimate of drug-likeness (QED) is 0.277. The topological polar surface area (TPSA) is 96.4 Å². The van der Waals surface area contributed by atoms with Gasteiger partial charge in [-0.25, -0.2) is 0 Å². The predicted octanol–water partition coefficient (Wildman–Crippen LogP) is 1.90. The SMILES string of the molecule is C=CCN(CCCCC)C(=O)C1N([C@@H](CC)CO)C(=O)[C@@H]2[C@@H](C(=O)OCC)[C@H]3CCC12O3. The zero-order valence-corrected chi connectivity index (χ0v) is 19.6. The lowest BCUT2D eigenvalue weighted by Crippen LogP contribution is -2.58. The predicted molar refractivity (Wildman–Crippen MR) is 119 cm³/mol. The molecule has 2 amide bonds. The van der Waals surface area contributed by atoms with Gasteiger partial charge in [-0.2, -0.15) is 0 Å². The Kier molecular flexibility index (Phi) is 7.98. The van der Waals surface area contributed by atoms with Crippen LogP contribution in [0.5, 0.6) is 0 Å². The van der Waals surface area contributed by atoms with Crippen LogP contribution < -0.4 is 0 Å². The van der Waals surface area contributed by atoms with Crippen LogP contribution in [0.3, 0.4) is 0 Å². The number of unbranched alkanes of at least 4 members (excludes halogenated alkanes) is 2. The third-order valence-corrected chi connectivity index (χ3v) is 7.30. The molecule has 6 atom stereocenters. The Morgan fingerprint density at radius 1 is 1.38 bits per heavy atom. The highest BCUT2D eigenvalue weighted by Crippen LogP contribution is 2.59. The van der Waals surface area contributed by atoms with Gasteiger partial charge in [0, 0.05) is 13.1 Å². The Hall–Kier alpha value is -1.93. The summed E-state index contributed by atoms with van der Waals surface area (Å²) in [7, 11) is 0. The van der Waals surface area contributed by atoms with Gasteiger partial charge < -0.3 is 24.4 Å². The highest BCUT2D eigenvalue weighted by Gasteiger charge is 2.75. The first kappa shape index (κ1) is 24.7. The lowest BCUT2D eigenvalue weighted by Gasteiger charge is -2.39. The number of hydrogen-bond acceptors (Lipinski definition) is 6. The average molecular weight is 451 g/mol. The fourth-order valence-corrected chi connectivity index (χ4v) is 5.86. The molecule has 8 heteroatoms. The van der Waals surface area contributed by atoms with E-state index >= 15 is 0 Å². The molecule has 3 heterocycles. The van der Waals surface area contributed by atoms with Gasteiger partial charge in [-0.1, -0.05) is 32.8 Å². The summed E-state index contributed by atoms with van der Waals surface area (Å²) in [5.74, 6) is -2.37. The van der Waals surface area contributed by atoms with Crippen molar-refractivity contribution in [2.45, 2.75) is 83.1 Å². The van der Waals surface area contributed by atoms with Crippen molar-refractivity contribution < 1.29 is 29.0 Å². The van der Waals surface area contributed by atoms with E-state index in [1.54, 1.807) is 17.9 Å². The average Bonchev–Trinajstić information content (AvgIpc) is 3.42. The minimum atomic E-state index is -1.05. The van der Waals surface area contributed by atoms with E-state index in [1.807, 2.05) is 6.92 Å². The van der Waals surface area contributed by atoms with E-state index < -0.39 is 41.6 Å². The molecule has 8 nitrogen and oxygen atoms in total. The smallest absolute Gasteiger partial charge is 0.312 e. The molecule has 0 saturated carbocycles. The first-order valence-electron chi connectivity index (χ1n) is 12.1. The molecule has 2 unspecified atom stereocenters. The molecule has 180 valence electrons. The molecule has 3 aliphatic heterocycles. The molecule has 0 aromatic rings. The molecule has 32 heavy (non-hydrogen) atoms. The fourth-order valence-electron chi connectivity index (χ4n) is 5.86. The molecule has 3 rings (SSSR count). The third-order valence-electron chi connectivity index (χ3n) is 7.30. The third kappa shape index (κ3) is 3.96. The van der Waals surface area contributed by atoms with Crippen molar-refractivity contribution in [3.63, 3.8) is 0 Å². The van der Waals surface area contributed by atoms with Crippen LogP contribution in [0.25, 0.3) is 0 Å². The highest BCUT2D eigenvalue weighted by atomic mass is 16.6. The number of carbonyl (C=O) groups excluding carboxylic acids is 3. The maximum atomic E-state index is 14.0. The fraction of sp³-hybridized carbons (Fsp3) is 0.792. The molecule has 3 fully saturated rings. The number of carbonyl (C=O) groups is 3. The molecule has 3 saturated heterocycles. The number of likely N-dealkylation sites (tertiary alicyclic amines) is 1. The van der Waals surface area contributed by atoms with Crippen LogP contribution in [0.15, 0.2) is 12.7 Å². The summed E-state index contributed by atoms with van der Waals surface area (Å²) in [4.78, 5) is 43.8. The second-order valence-corrected chi connectivity index (χ2v) is 9.08. The van der Waals surface area contributed by atoms with Crippen molar-refractivity contribution in [1.29, 1.82) is 0 Å². The van der Waals surface area contributed by atoms with E-state index in [-0.39, 0.29) is 25.0 Å². The molecule has 0 aromatic carbocycles. The normalized spacial score (nSPS) is 31.5. The van der Waals surface area contributed by atoms with Gasteiger partial charge in [-0.3, -0.25) is 14.4 Å². The lowest BCUT2D eigenvalue weighted by atomic mass is 9.70. The zero-order chi connectivity index (χ0) is 23.5. The van der Waals surface area contributed by atoms with Gasteiger partial charge in [0.25, 0.3) is 0 Å². The van der Waals surface area contributed by atoms with Crippen LogP contribution >= 0.6 is 0 Å². The van der Waals surface area contributed by atoms with Crippen LogP contribution in [0.1, 0.15) is 59.3 Å². The maximum absolute atomic E-state index is 14.0. The zero-order valence-electron chi connectivity index (χ0n) is 19.6. The van der Waals surface area contributed by atoms with E-state index in [0.717, 1.165) is 19.3 Å².